The third-order valence-electron chi connectivity index (χ3n) is 4.56. The van der Waals surface area contributed by atoms with Gasteiger partial charge in [0.05, 0.1) is 23.5 Å². The molecule has 0 saturated heterocycles. The van der Waals surface area contributed by atoms with E-state index >= 15 is 0 Å². The molecule has 0 heterocycles. The number of rotatable bonds is 11. The fourth-order valence-corrected chi connectivity index (χ4v) is 3.89. The molecule has 0 unspecified atom stereocenters. The molecular formula is C21H27N3O6S. The second-order valence-corrected chi connectivity index (χ2v) is 8.93. The van der Waals surface area contributed by atoms with Crippen LogP contribution in [0.1, 0.15) is 24.5 Å². The van der Waals surface area contributed by atoms with Crippen LogP contribution in [0.5, 0.6) is 5.75 Å². The first-order chi connectivity index (χ1) is 14.6. The number of aryl methyl sites for hydroxylation is 2. The van der Waals surface area contributed by atoms with Gasteiger partial charge in [0.2, 0.25) is 15.9 Å². The summed E-state index contributed by atoms with van der Waals surface area (Å²) in [6, 6.07) is 11.6. The molecule has 0 radical (unpaired) electrons. The molecule has 9 nitrogen and oxygen atoms in total. The summed E-state index contributed by atoms with van der Waals surface area (Å²) < 4.78 is 30.8. The van der Waals surface area contributed by atoms with Gasteiger partial charge in [-0.3, -0.25) is 19.2 Å². The van der Waals surface area contributed by atoms with E-state index in [9.17, 15) is 23.3 Å². The number of benzene rings is 2. The van der Waals surface area contributed by atoms with Gasteiger partial charge in [-0.1, -0.05) is 18.2 Å². The molecule has 10 heteroatoms. The molecule has 0 atom stereocenters. The lowest BCUT2D eigenvalue weighted by Gasteiger charge is -2.23. The number of carbonyl (C=O) groups is 1. The number of sulfonamides is 1. The molecule has 0 aliphatic heterocycles. The fourth-order valence-electron chi connectivity index (χ4n) is 2.99. The summed E-state index contributed by atoms with van der Waals surface area (Å²) in [5, 5.41) is 13.8. The van der Waals surface area contributed by atoms with E-state index < -0.39 is 27.4 Å². The van der Waals surface area contributed by atoms with Gasteiger partial charge in [0, 0.05) is 18.7 Å². The largest absolute Gasteiger partial charge is 0.494 e. The van der Waals surface area contributed by atoms with Crippen LogP contribution >= 0.6 is 0 Å². The van der Waals surface area contributed by atoms with Crippen molar-refractivity contribution in [3.8, 4) is 5.75 Å². The van der Waals surface area contributed by atoms with E-state index in [0.717, 1.165) is 34.4 Å². The number of hydrogen-bond donors (Lipinski definition) is 1. The van der Waals surface area contributed by atoms with Crippen LogP contribution in [-0.4, -0.2) is 45.2 Å². The lowest BCUT2D eigenvalue weighted by molar-refractivity contribution is -0.384. The Balaban J connectivity index is 1.96. The molecular weight excluding hydrogens is 422 g/mol. The Morgan fingerprint density at radius 3 is 2.45 bits per heavy atom. The monoisotopic (exact) mass is 449 g/mol. The first-order valence-electron chi connectivity index (χ1n) is 9.83. The molecule has 0 fully saturated rings. The van der Waals surface area contributed by atoms with Gasteiger partial charge in [-0.15, -0.1) is 0 Å². The summed E-state index contributed by atoms with van der Waals surface area (Å²) in [5.74, 6) is 0.319. The highest BCUT2D eigenvalue weighted by molar-refractivity contribution is 7.92. The molecule has 1 amide bonds. The van der Waals surface area contributed by atoms with Gasteiger partial charge in [-0.05, 0) is 49.9 Å². The lowest BCUT2D eigenvalue weighted by atomic mass is 10.1. The Morgan fingerprint density at radius 1 is 1.19 bits per heavy atom. The average Bonchev–Trinajstić information content (AvgIpc) is 2.70. The number of hydrogen-bond acceptors (Lipinski definition) is 6. The van der Waals surface area contributed by atoms with Crippen LogP contribution in [0.25, 0.3) is 0 Å². The minimum Gasteiger partial charge on any atom is -0.494 e. The van der Waals surface area contributed by atoms with Crippen molar-refractivity contribution in [1.82, 2.24) is 5.32 Å². The number of carbonyl (C=O) groups excluding carboxylic acids is 1. The molecule has 0 aromatic heterocycles. The van der Waals surface area contributed by atoms with Crippen molar-refractivity contribution >= 4 is 27.3 Å². The maximum Gasteiger partial charge on any atom is 0.271 e. The molecule has 1 N–H and O–H groups in total. The van der Waals surface area contributed by atoms with Gasteiger partial charge in [0.25, 0.3) is 5.69 Å². The second kappa shape index (κ2) is 10.8. The Kier molecular flexibility index (Phi) is 8.38. The molecule has 168 valence electrons. The Bertz CT molecular complexity index is 1020. The van der Waals surface area contributed by atoms with Crippen LogP contribution in [0.4, 0.5) is 11.4 Å². The van der Waals surface area contributed by atoms with Crippen LogP contribution in [-0.2, 0) is 21.2 Å². The first-order valence-corrected chi connectivity index (χ1v) is 11.7. The molecule has 2 rings (SSSR count). The van der Waals surface area contributed by atoms with Gasteiger partial charge >= 0.3 is 0 Å². The Hall–Kier alpha value is -3.14. The normalized spacial score (nSPS) is 11.1. The predicted octanol–water partition coefficient (Wildman–Crippen LogP) is 2.82. The van der Waals surface area contributed by atoms with Crippen molar-refractivity contribution < 1.29 is 22.9 Å². The zero-order chi connectivity index (χ0) is 23.0. The van der Waals surface area contributed by atoms with Crippen molar-refractivity contribution in [2.75, 3.05) is 30.3 Å². The highest BCUT2D eigenvalue weighted by atomic mass is 32.2. The highest BCUT2D eigenvalue weighted by Crippen LogP contribution is 2.27. The van der Waals surface area contributed by atoms with Crippen molar-refractivity contribution in [2.24, 2.45) is 0 Å². The zero-order valence-corrected chi connectivity index (χ0v) is 18.6. The standard InChI is InChI=1S/C21H27N3O6S/c1-4-30-19-11-8-17(9-12-19)6-5-13-22-21(25)15-23(31(3,28)29)20-14-18(24(26)27)10-7-16(20)2/h7-12,14H,4-6,13,15H2,1-3H3,(H,22,25). The van der Waals surface area contributed by atoms with E-state index in [1.54, 1.807) is 6.92 Å². The maximum atomic E-state index is 12.4. The predicted molar refractivity (Wildman–Crippen MR) is 119 cm³/mol. The molecule has 0 aliphatic rings. The number of non-ortho nitro benzene ring substituents is 1. The number of nitrogens with zero attached hydrogens (tertiary/aromatic N) is 2. The fraction of sp³-hybridized carbons (Fsp3) is 0.381. The minimum atomic E-state index is -3.82. The first kappa shape index (κ1) is 24.1. The molecule has 0 spiro atoms. The van der Waals surface area contributed by atoms with E-state index in [4.69, 9.17) is 4.74 Å². The highest BCUT2D eigenvalue weighted by Gasteiger charge is 2.24. The van der Waals surface area contributed by atoms with Crippen molar-refractivity contribution in [1.29, 1.82) is 0 Å². The van der Waals surface area contributed by atoms with Crippen LogP contribution in [0, 0.1) is 17.0 Å². The van der Waals surface area contributed by atoms with Gasteiger partial charge in [-0.2, -0.15) is 0 Å². The van der Waals surface area contributed by atoms with Crippen LogP contribution in [0.15, 0.2) is 42.5 Å². The zero-order valence-electron chi connectivity index (χ0n) is 17.8. The van der Waals surface area contributed by atoms with E-state index in [2.05, 4.69) is 5.32 Å². The van der Waals surface area contributed by atoms with Crippen LogP contribution in [0.2, 0.25) is 0 Å². The third-order valence-corrected chi connectivity index (χ3v) is 5.68. The van der Waals surface area contributed by atoms with Gasteiger partial charge in [0.15, 0.2) is 0 Å². The van der Waals surface area contributed by atoms with Crippen LogP contribution < -0.4 is 14.4 Å². The number of ether oxygens (including phenoxy) is 1. The molecule has 31 heavy (non-hydrogen) atoms. The van der Waals surface area contributed by atoms with E-state index in [1.807, 2.05) is 31.2 Å². The number of anilines is 1. The number of nitrogens with one attached hydrogen (secondary N) is 1. The van der Waals surface area contributed by atoms with Gasteiger partial charge in [-0.25, -0.2) is 8.42 Å². The molecule has 2 aromatic carbocycles. The molecule has 0 bridgehead atoms. The van der Waals surface area contributed by atoms with Gasteiger partial charge < -0.3 is 10.1 Å². The molecule has 2 aromatic rings. The summed E-state index contributed by atoms with van der Waals surface area (Å²) in [6.45, 7) is 4.07. The van der Waals surface area contributed by atoms with E-state index in [0.29, 0.717) is 25.1 Å². The van der Waals surface area contributed by atoms with Crippen molar-refractivity contribution in [3.63, 3.8) is 0 Å². The van der Waals surface area contributed by atoms with E-state index in [-0.39, 0.29) is 11.4 Å². The molecule has 0 saturated carbocycles. The second-order valence-electron chi connectivity index (χ2n) is 7.03. The summed E-state index contributed by atoms with van der Waals surface area (Å²) in [6.07, 6.45) is 2.38. The lowest BCUT2D eigenvalue weighted by Crippen LogP contribution is -2.41. The Morgan fingerprint density at radius 2 is 1.87 bits per heavy atom. The Labute approximate surface area is 182 Å². The summed E-state index contributed by atoms with van der Waals surface area (Å²) in [5.41, 5.74) is 1.48. The van der Waals surface area contributed by atoms with Crippen molar-refractivity contribution in [3.05, 3.63) is 63.7 Å². The van der Waals surface area contributed by atoms with E-state index in [1.165, 1.54) is 12.1 Å². The third kappa shape index (κ3) is 7.25. The van der Waals surface area contributed by atoms with Crippen LogP contribution in [0.3, 0.4) is 0 Å². The smallest absolute Gasteiger partial charge is 0.271 e. The summed E-state index contributed by atoms with van der Waals surface area (Å²) in [7, 11) is -3.82. The SMILES string of the molecule is CCOc1ccc(CCCNC(=O)CN(c2cc([N+](=O)[O-])ccc2C)S(C)(=O)=O)cc1. The van der Waals surface area contributed by atoms with Crippen molar-refractivity contribution in [2.45, 2.75) is 26.7 Å². The maximum absolute atomic E-state index is 12.4. The topological polar surface area (TPSA) is 119 Å². The minimum absolute atomic E-state index is 0.112. The van der Waals surface area contributed by atoms with Gasteiger partial charge in [0.1, 0.15) is 12.3 Å². The molecule has 0 aliphatic carbocycles. The summed E-state index contributed by atoms with van der Waals surface area (Å²) >= 11 is 0. The average molecular weight is 450 g/mol. The number of nitro benzene ring substituents is 1. The number of amides is 1. The quantitative estimate of drug-likeness (QED) is 0.320. The number of nitro groups is 1. The summed E-state index contributed by atoms with van der Waals surface area (Å²) in [4.78, 5) is 22.8.